The number of hydrogen-bond acceptors (Lipinski definition) is 4. The molecule has 0 unspecified atom stereocenters. The average molecular weight is 389 g/mol. The Morgan fingerprint density at radius 2 is 1.89 bits per heavy atom. The molecule has 9 heteroatoms. The number of pyridine rings is 1. The summed E-state index contributed by atoms with van der Waals surface area (Å²) in [5.41, 5.74) is -1.09. The highest BCUT2D eigenvalue weighted by molar-refractivity contribution is 5.76. The van der Waals surface area contributed by atoms with Gasteiger partial charge in [-0.25, -0.2) is 9.37 Å². The average Bonchev–Trinajstić information content (AvgIpc) is 2.62. The Kier molecular flexibility index (Phi) is 6.18. The molecule has 1 aromatic heterocycles. The van der Waals surface area contributed by atoms with E-state index in [9.17, 15) is 22.4 Å². The monoisotopic (exact) mass is 389 g/mol. The molecule has 0 aliphatic carbocycles. The summed E-state index contributed by atoms with van der Waals surface area (Å²) in [6.45, 7) is 2.25. The number of carbonyl (C=O) groups excluding carboxylic acids is 1. The highest BCUT2D eigenvalue weighted by atomic mass is 19.4. The van der Waals surface area contributed by atoms with Crippen LogP contribution in [0.3, 0.4) is 0 Å². The van der Waals surface area contributed by atoms with Crippen LogP contribution in [0.2, 0.25) is 0 Å². The van der Waals surface area contributed by atoms with Crippen molar-refractivity contribution in [2.24, 2.45) is 5.92 Å². The minimum Gasteiger partial charge on any atom is -0.381 e. The van der Waals surface area contributed by atoms with Crippen LogP contribution in [0.15, 0.2) is 12.3 Å². The fraction of sp³-hybridized carbons (Fsp3) is 0.667. The molecule has 2 fully saturated rings. The molecular weight excluding hydrogens is 366 g/mol. The minimum absolute atomic E-state index is 0.0131. The largest absolute Gasteiger partial charge is 0.417 e. The zero-order chi connectivity index (χ0) is 19.4. The first-order valence-corrected chi connectivity index (χ1v) is 9.17. The number of ether oxygens (including phenoxy) is 1. The normalized spacial score (nSPS) is 19.9. The summed E-state index contributed by atoms with van der Waals surface area (Å²) in [6.07, 6.45) is -0.560. The molecule has 27 heavy (non-hydrogen) atoms. The second-order valence-corrected chi connectivity index (χ2v) is 7.12. The standard InChI is InChI=1S/C18H23F4N3O2/c19-15-10-13(18(20,21)22)11-23-17(15)25-5-1-12(2-6-25)9-16(26)24-14-3-7-27-8-4-14/h10-12,14H,1-9H2,(H,24,26). The number of hydrogen-bond donors (Lipinski definition) is 1. The number of alkyl halides is 3. The summed E-state index contributed by atoms with van der Waals surface area (Å²) >= 11 is 0. The number of nitrogens with zero attached hydrogens (tertiary/aromatic N) is 2. The topological polar surface area (TPSA) is 54.5 Å². The molecular formula is C18H23F4N3O2. The maximum absolute atomic E-state index is 14.1. The molecule has 0 spiro atoms. The first-order valence-electron chi connectivity index (χ1n) is 9.17. The zero-order valence-electron chi connectivity index (χ0n) is 14.9. The lowest BCUT2D eigenvalue weighted by atomic mass is 9.93. The summed E-state index contributed by atoms with van der Waals surface area (Å²) in [5.74, 6) is -0.841. The highest BCUT2D eigenvalue weighted by Crippen LogP contribution is 2.32. The van der Waals surface area contributed by atoms with Crippen molar-refractivity contribution in [1.29, 1.82) is 0 Å². The Bertz CT molecular complexity index is 654. The number of aromatic nitrogens is 1. The fourth-order valence-corrected chi connectivity index (χ4v) is 3.56. The molecule has 2 aliphatic heterocycles. The quantitative estimate of drug-likeness (QED) is 0.804. The van der Waals surface area contributed by atoms with Gasteiger partial charge in [-0.15, -0.1) is 0 Å². The molecule has 2 saturated heterocycles. The molecule has 3 rings (SSSR count). The number of rotatable bonds is 4. The first kappa shape index (κ1) is 19.9. The van der Waals surface area contributed by atoms with Crippen LogP contribution in [0.25, 0.3) is 0 Å². The Labute approximate surface area is 155 Å². The van der Waals surface area contributed by atoms with Crippen molar-refractivity contribution >= 4 is 11.7 Å². The van der Waals surface area contributed by atoms with E-state index in [4.69, 9.17) is 4.74 Å². The predicted molar refractivity (Wildman–Crippen MR) is 90.7 cm³/mol. The Morgan fingerprint density at radius 3 is 2.48 bits per heavy atom. The molecule has 150 valence electrons. The third-order valence-corrected chi connectivity index (χ3v) is 5.12. The molecule has 0 aromatic carbocycles. The van der Waals surface area contributed by atoms with E-state index >= 15 is 0 Å². The summed E-state index contributed by atoms with van der Waals surface area (Å²) in [7, 11) is 0. The maximum atomic E-state index is 14.1. The van der Waals surface area contributed by atoms with Crippen molar-refractivity contribution in [3.05, 3.63) is 23.6 Å². The van der Waals surface area contributed by atoms with Crippen LogP contribution < -0.4 is 10.2 Å². The van der Waals surface area contributed by atoms with Gasteiger partial charge in [0, 0.05) is 45.0 Å². The van der Waals surface area contributed by atoms with Crippen LogP contribution in [0, 0.1) is 11.7 Å². The van der Waals surface area contributed by atoms with Crippen molar-refractivity contribution in [3.63, 3.8) is 0 Å². The smallest absolute Gasteiger partial charge is 0.381 e. The third-order valence-electron chi connectivity index (χ3n) is 5.12. The lowest BCUT2D eigenvalue weighted by molar-refractivity contribution is -0.138. The van der Waals surface area contributed by atoms with Crippen molar-refractivity contribution in [1.82, 2.24) is 10.3 Å². The summed E-state index contributed by atoms with van der Waals surface area (Å²) in [6, 6.07) is 0.646. The van der Waals surface area contributed by atoms with Crippen LogP contribution in [0.1, 0.15) is 37.7 Å². The second-order valence-electron chi connectivity index (χ2n) is 7.12. The van der Waals surface area contributed by atoms with Crippen molar-refractivity contribution < 1.29 is 27.1 Å². The van der Waals surface area contributed by atoms with Crippen LogP contribution in [0.4, 0.5) is 23.4 Å². The maximum Gasteiger partial charge on any atom is 0.417 e. The lowest BCUT2D eigenvalue weighted by Gasteiger charge is -2.33. The molecule has 0 saturated carbocycles. The van der Waals surface area contributed by atoms with Gasteiger partial charge in [-0.3, -0.25) is 4.79 Å². The lowest BCUT2D eigenvalue weighted by Crippen LogP contribution is -2.41. The Balaban J connectivity index is 1.49. The third kappa shape index (κ3) is 5.31. The van der Waals surface area contributed by atoms with Gasteiger partial charge < -0.3 is 15.0 Å². The van der Waals surface area contributed by atoms with E-state index in [1.165, 1.54) is 0 Å². The van der Waals surface area contributed by atoms with Gasteiger partial charge in [0.2, 0.25) is 5.91 Å². The van der Waals surface area contributed by atoms with E-state index in [1.807, 2.05) is 0 Å². The van der Waals surface area contributed by atoms with Gasteiger partial charge in [0.25, 0.3) is 0 Å². The zero-order valence-corrected chi connectivity index (χ0v) is 14.9. The molecule has 2 aliphatic rings. The van der Waals surface area contributed by atoms with Crippen molar-refractivity contribution in [2.45, 2.75) is 44.3 Å². The van der Waals surface area contributed by atoms with Gasteiger partial charge in [-0.1, -0.05) is 0 Å². The minimum atomic E-state index is -4.61. The van der Waals surface area contributed by atoms with Crippen LogP contribution >= 0.6 is 0 Å². The molecule has 1 aromatic rings. The Morgan fingerprint density at radius 1 is 1.22 bits per heavy atom. The van der Waals surface area contributed by atoms with E-state index in [0.29, 0.717) is 57.8 Å². The van der Waals surface area contributed by atoms with E-state index in [0.717, 1.165) is 12.8 Å². The van der Waals surface area contributed by atoms with Gasteiger partial charge in [-0.2, -0.15) is 13.2 Å². The van der Waals surface area contributed by atoms with Gasteiger partial charge >= 0.3 is 6.18 Å². The fourth-order valence-electron chi connectivity index (χ4n) is 3.56. The van der Waals surface area contributed by atoms with Crippen LogP contribution in [-0.4, -0.2) is 43.2 Å². The van der Waals surface area contributed by atoms with E-state index in [2.05, 4.69) is 10.3 Å². The summed E-state index contributed by atoms with van der Waals surface area (Å²) in [4.78, 5) is 17.5. The molecule has 3 heterocycles. The Hall–Kier alpha value is -1.90. The van der Waals surface area contributed by atoms with Gasteiger partial charge in [0.1, 0.15) is 0 Å². The number of piperidine rings is 1. The predicted octanol–water partition coefficient (Wildman–Crippen LogP) is 3.14. The second kappa shape index (κ2) is 8.41. The first-order chi connectivity index (χ1) is 12.8. The number of carbonyl (C=O) groups is 1. The molecule has 5 nitrogen and oxygen atoms in total. The summed E-state index contributed by atoms with van der Waals surface area (Å²) < 4.78 is 57.2. The highest BCUT2D eigenvalue weighted by Gasteiger charge is 2.33. The molecule has 0 atom stereocenters. The summed E-state index contributed by atoms with van der Waals surface area (Å²) in [5, 5.41) is 3.03. The molecule has 1 amide bonds. The number of amides is 1. The van der Waals surface area contributed by atoms with Gasteiger partial charge in [-0.05, 0) is 37.7 Å². The van der Waals surface area contributed by atoms with Crippen molar-refractivity contribution in [3.8, 4) is 0 Å². The number of halogens is 4. The molecule has 0 bridgehead atoms. The van der Waals surface area contributed by atoms with E-state index < -0.39 is 17.6 Å². The SMILES string of the molecule is O=C(CC1CCN(c2ncc(C(F)(F)F)cc2F)CC1)NC1CCOCC1. The number of anilines is 1. The van der Waals surface area contributed by atoms with Crippen molar-refractivity contribution in [2.75, 3.05) is 31.2 Å². The van der Waals surface area contributed by atoms with E-state index in [-0.39, 0.29) is 23.7 Å². The van der Waals surface area contributed by atoms with Crippen LogP contribution in [-0.2, 0) is 15.7 Å². The van der Waals surface area contributed by atoms with E-state index in [1.54, 1.807) is 4.90 Å². The molecule has 0 radical (unpaired) electrons. The van der Waals surface area contributed by atoms with Crippen LogP contribution in [0.5, 0.6) is 0 Å². The molecule has 1 N–H and O–H groups in total. The number of nitrogens with one attached hydrogen (secondary N) is 1. The van der Waals surface area contributed by atoms with Gasteiger partial charge in [0.05, 0.1) is 5.56 Å². The van der Waals surface area contributed by atoms with Gasteiger partial charge in [0.15, 0.2) is 11.6 Å².